The van der Waals surface area contributed by atoms with Crippen molar-refractivity contribution >= 4 is 29.3 Å². The molecule has 0 unspecified atom stereocenters. The van der Waals surface area contributed by atoms with Crippen LogP contribution in [0, 0.1) is 0 Å². The van der Waals surface area contributed by atoms with E-state index in [1.54, 1.807) is 30.0 Å². The van der Waals surface area contributed by atoms with Crippen LogP contribution in [-0.4, -0.2) is 34.8 Å². The molecule has 2 N–H and O–H groups in total. The van der Waals surface area contributed by atoms with Crippen LogP contribution in [0.3, 0.4) is 0 Å². The lowest BCUT2D eigenvalue weighted by Gasteiger charge is -2.12. The van der Waals surface area contributed by atoms with E-state index in [2.05, 4.69) is 0 Å². The Bertz CT molecular complexity index is 474. The van der Waals surface area contributed by atoms with Crippen LogP contribution in [0.1, 0.15) is 27.6 Å². The fourth-order valence-corrected chi connectivity index (χ4v) is 2.41. The maximum absolute atomic E-state index is 12.0. The molecule has 0 saturated carbocycles. The maximum Gasteiger partial charge on any atom is 0.261 e. The Kier molecular flexibility index (Phi) is 3.38. The Balaban J connectivity index is 2.20. The zero-order chi connectivity index (χ0) is 12.4. The van der Waals surface area contributed by atoms with Crippen LogP contribution in [0.25, 0.3) is 0 Å². The van der Waals surface area contributed by atoms with Crippen molar-refractivity contribution in [3.63, 3.8) is 0 Å². The van der Waals surface area contributed by atoms with Crippen molar-refractivity contribution in [3.8, 4) is 0 Å². The molecule has 0 atom stereocenters. The predicted octanol–water partition coefficient (Wildman–Crippen LogP) is 1.62. The summed E-state index contributed by atoms with van der Waals surface area (Å²) in [6, 6.07) is 4.84. The molecule has 1 heterocycles. The second-order valence-corrected chi connectivity index (χ2v) is 5.16. The van der Waals surface area contributed by atoms with Crippen molar-refractivity contribution in [3.05, 3.63) is 29.3 Å². The number of anilines is 1. The zero-order valence-electron chi connectivity index (χ0n) is 9.60. The smallest absolute Gasteiger partial charge is 0.261 e. The molecule has 2 rings (SSSR count). The highest BCUT2D eigenvalue weighted by atomic mass is 32.2. The highest BCUT2D eigenvalue weighted by Gasteiger charge is 2.34. The summed E-state index contributed by atoms with van der Waals surface area (Å²) in [6.07, 6.45) is 0. The van der Waals surface area contributed by atoms with E-state index in [0.29, 0.717) is 23.4 Å². The molecule has 1 aliphatic rings. The van der Waals surface area contributed by atoms with Gasteiger partial charge in [-0.25, -0.2) is 0 Å². The summed E-state index contributed by atoms with van der Waals surface area (Å²) in [7, 11) is 0. The van der Waals surface area contributed by atoms with Crippen LogP contribution in [-0.2, 0) is 0 Å². The number of rotatable bonds is 4. The van der Waals surface area contributed by atoms with Crippen molar-refractivity contribution in [2.45, 2.75) is 6.92 Å². The first kappa shape index (κ1) is 12.0. The van der Waals surface area contributed by atoms with Gasteiger partial charge < -0.3 is 5.73 Å². The summed E-state index contributed by atoms with van der Waals surface area (Å²) in [6.45, 7) is 2.51. The third kappa shape index (κ3) is 2.15. The van der Waals surface area contributed by atoms with Crippen LogP contribution < -0.4 is 5.73 Å². The first-order chi connectivity index (χ1) is 8.15. The number of nitrogens with two attached hydrogens (primary N) is 1. The average Bonchev–Trinajstić information content (AvgIpc) is 2.54. The number of hydrogen-bond acceptors (Lipinski definition) is 4. The van der Waals surface area contributed by atoms with E-state index in [1.807, 2.05) is 6.92 Å². The predicted molar refractivity (Wildman–Crippen MR) is 69.2 cm³/mol. The topological polar surface area (TPSA) is 63.4 Å². The normalized spacial score (nSPS) is 14.3. The standard InChI is InChI=1S/C12H14N2O2S/c1-2-17-6-5-14-11(15)9-4-3-8(13)7-10(9)12(14)16/h3-4,7H,2,5-6,13H2,1H3. The lowest BCUT2D eigenvalue weighted by atomic mass is 10.1. The van der Waals surface area contributed by atoms with Gasteiger partial charge in [-0.2, -0.15) is 11.8 Å². The van der Waals surface area contributed by atoms with Crippen molar-refractivity contribution in [1.82, 2.24) is 4.90 Å². The van der Waals surface area contributed by atoms with Crippen molar-refractivity contribution in [2.24, 2.45) is 0 Å². The van der Waals surface area contributed by atoms with Gasteiger partial charge in [0, 0.05) is 18.0 Å². The minimum absolute atomic E-state index is 0.207. The van der Waals surface area contributed by atoms with Gasteiger partial charge in [-0.1, -0.05) is 6.92 Å². The molecular weight excluding hydrogens is 236 g/mol. The lowest BCUT2D eigenvalue weighted by molar-refractivity contribution is 0.0664. The molecule has 0 saturated heterocycles. The Morgan fingerprint density at radius 3 is 2.65 bits per heavy atom. The van der Waals surface area contributed by atoms with Crippen molar-refractivity contribution < 1.29 is 9.59 Å². The van der Waals surface area contributed by atoms with E-state index in [1.165, 1.54) is 4.90 Å². The molecule has 0 aromatic heterocycles. The lowest BCUT2D eigenvalue weighted by Crippen LogP contribution is -2.31. The number of thioether (sulfide) groups is 1. The third-order valence-electron chi connectivity index (χ3n) is 2.66. The van der Waals surface area contributed by atoms with Crippen LogP contribution >= 0.6 is 11.8 Å². The highest BCUT2D eigenvalue weighted by Crippen LogP contribution is 2.24. The fraction of sp³-hybridized carbons (Fsp3) is 0.333. The molecule has 5 heteroatoms. The van der Waals surface area contributed by atoms with E-state index in [9.17, 15) is 9.59 Å². The molecule has 0 aliphatic carbocycles. The summed E-state index contributed by atoms with van der Waals surface area (Å²) in [4.78, 5) is 25.3. The molecule has 0 bridgehead atoms. The largest absolute Gasteiger partial charge is 0.399 e. The maximum atomic E-state index is 12.0. The van der Waals surface area contributed by atoms with Crippen molar-refractivity contribution in [2.75, 3.05) is 23.8 Å². The molecule has 4 nitrogen and oxygen atoms in total. The average molecular weight is 250 g/mol. The molecular formula is C12H14N2O2S. The number of carbonyl (C=O) groups is 2. The number of amides is 2. The molecule has 0 spiro atoms. The van der Waals surface area contributed by atoms with Crippen LogP contribution in [0.4, 0.5) is 5.69 Å². The minimum atomic E-state index is -0.228. The van der Waals surface area contributed by atoms with Crippen LogP contribution in [0.5, 0.6) is 0 Å². The number of fused-ring (bicyclic) bond motifs is 1. The van der Waals surface area contributed by atoms with E-state index >= 15 is 0 Å². The van der Waals surface area contributed by atoms with Gasteiger partial charge in [0.15, 0.2) is 0 Å². The monoisotopic (exact) mass is 250 g/mol. The number of nitrogens with zero attached hydrogens (tertiary/aromatic N) is 1. The van der Waals surface area contributed by atoms with E-state index in [0.717, 1.165) is 11.5 Å². The van der Waals surface area contributed by atoms with Gasteiger partial charge >= 0.3 is 0 Å². The molecule has 0 radical (unpaired) electrons. The molecule has 0 fully saturated rings. The Morgan fingerprint density at radius 2 is 1.94 bits per heavy atom. The summed E-state index contributed by atoms with van der Waals surface area (Å²) in [5, 5.41) is 0. The molecule has 17 heavy (non-hydrogen) atoms. The van der Waals surface area contributed by atoms with Gasteiger partial charge in [0.1, 0.15) is 0 Å². The summed E-state index contributed by atoms with van der Waals surface area (Å²) >= 11 is 1.71. The molecule has 2 amide bonds. The number of nitrogen functional groups attached to an aromatic ring is 1. The third-order valence-corrected chi connectivity index (χ3v) is 3.54. The van der Waals surface area contributed by atoms with Gasteiger partial charge in [0.25, 0.3) is 11.8 Å². The van der Waals surface area contributed by atoms with Gasteiger partial charge in [0.05, 0.1) is 11.1 Å². The number of hydrogen-bond donors (Lipinski definition) is 1. The summed E-state index contributed by atoms with van der Waals surface area (Å²) in [5.41, 5.74) is 7.02. The molecule has 1 aromatic carbocycles. The number of benzene rings is 1. The highest BCUT2D eigenvalue weighted by molar-refractivity contribution is 7.99. The Hall–Kier alpha value is -1.49. The second kappa shape index (κ2) is 4.79. The van der Waals surface area contributed by atoms with Crippen LogP contribution in [0.2, 0.25) is 0 Å². The molecule has 1 aliphatic heterocycles. The Labute approximate surface area is 104 Å². The first-order valence-electron chi connectivity index (χ1n) is 5.48. The van der Waals surface area contributed by atoms with Crippen LogP contribution in [0.15, 0.2) is 18.2 Å². The second-order valence-electron chi connectivity index (χ2n) is 3.76. The molecule has 1 aromatic rings. The number of carbonyl (C=O) groups excluding carboxylic acids is 2. The molecule has 90 valence electrons. The first-order valence-corrected chi connectivity index (χ1v) is 6.64. The van der Waals surface area contributed by atoms with Crippen molar-refractivity contribution in [1.29, 1.82) is 0 Å². The van der Waals surface area contributed by atoms with Gasteiger partial charge in [-0.15, -0.1) is 0 Å². The quantitative estimate of drug-likeness (QED) is 0.501. The summed E-state index contributed by atoms with van der Waals surface area (Å²) in [5.74, 6) is 1.32. The summed E-state index contributed by atoms with van der Waals surface area (Å²) < 4.78 is 0. The van der Waals surface area contributed by atoms with Gasteiger partial charge in [0.2, 0.25) is 0 Å². The fourth-order valence-electron chi connectivity index (χ4n) is 1.81. The minimum Gasteiger partial charge on any atom is -0.399 e. The van der Waals surface area contributed by atoms with E-state index in [-0.39, 0.29) is 11.8 Å². The number of imide groups is 1. The van der Waals surface area contributed by atoms with E-state index in [4.69, 9.17) is 5.73 Å². The van der Waals surface area contributed by atoms with E-state index < -0.39 is 0 Å². The Morgan fingerprint density at radius 1 is 1.24 bits per heavy atom. The SMILES string of the molecule is CCSCCN1C(=O)c2ccc(N)cc2C1=O. The van der Waals surface area contributed by atoms with Gasteiger partial charge in [-0.05, 0) is 24.0 Å². The van der Waals surface area contributed by atoms with Gasteiger partial charge in [-0.3, -0.25) is 14.5 Å². The zero-order valence-corrected chi connectivity index (χ0v) is 10.4.